The predicted molar refractivity (Wildman–Crippen MR) is 66.4 cm³/mol. The van der Waals surface area contributed by atoms with Crippen molar-refractivity contribution >= 4 is 0 Å². The van der Waals surface area contributed by atoms with Gasteiger partial charge in [-0.15, -0.1) is 0 Å². The van der Waals surface area contributed by atoms with Crippen molar-refractivity contribution in [2.75, 3.05) is 13.2 Å². The predicted octanol–water partition coefficient (Wildman–Crippen LogP) is 2.26. The van der Waals surface area contributed by atoms with Gasteiger partial charge in [0.05, 0.1) is 6.61 Å². The zero-order valence-corrected chi connectivity index (χ0v) is 10.2. The second-order valence-corrected chi connectivity index (χ2v) is 4.88. The standard InChI is InChI=1S/C14H21NO/c1-11-5-6-12(2)13(8-11)9-15-7-3-4-14(15)10-16/h5-6,8,14,16H,3-4,7,9-10H2,1-2H3. The number of rotatable bonds is 3. The van der Waals surface area contributed by atoms with Crippen LogP contribution in [0.2, 0.25) is 0 Å². The summed E-state index contributed by atoms with van der Waals surface area (Å²) in [6, 6.07) is 6.99. The molecule has 1 aromatic carbocycles. The number of aryl methyl sites for hydroxylation is 2. The van der Waals surface area contributed by atoms with Gasteiger partial charge < -0.3 is 5.11 Å². The SMILES string of the molecule is Cc1ccc(C)c(CN2CCCC2CO)c1. The molecule has 0 spiro atoms. The molecule has 1 atom stereocenters. The first-order valence-electron chi connectivity index (χ1n) is 6.11. The summed E-state index contributed by atoms with van der Waals surface area (Å²) in [5.74, 6) is 0. The Morgan fingerprint density at radius 1 is 1.38 bits per heavy atom. The van der Waals surface area contributed by atoms with E-state index in [1.54, 1.807) is 0 Å². The zero-order chi connectivity index (χ0) is 11.5. The van der Waals surface area contributed by atoms with E-state index in [4.69, 9.17) is 0 Å². The van der Waals surface area contributed by atoms with E-state index in [9.17, 15) is 5.11 Å². The molecule has 16 heavy (non-hydrogen) atoms. The normalized spacial score (nSPS) is 21.6. The molecule has 1 aliphatic rings. The topological polar surface area (TPSA) is 23.5 Å². The van der Waals surface area contributed by atoms with Crippen LogP contribution in [-0.2, 0) is 6.54 Å². The summed E-state index contributed by atoms with van der Waals surface area (Å²) in [5.41, 5.74) is 4.08. The largest absolute Gasteiger partial charge is 0.395 e. The fourth-order valence-electron chi connectivity index (χ4n) is 2.50. The van der Waals surface area contributed by atoms with Crippen LogP contribution in [0.1, 0.15) is 29.5 Å². The lowest BCUT2D eigenvalue weighted by Gasteiger charge is -2.23. The number of aliphatic hydroxyl groups excluding tert-OH is 1. The molecular formula is C14H21NO. The van der Waals surface area contributed by atoms with Crippen LogP contribution in [0.3, 0.4) is 0 Å². The van der Waals surface area contributed by atoms with Crippen molar-refractivity contribution in [3.8, 4) is 0 Å². The van der Waals surface area contributed by atoms with Crippen LogP contribution < -0.4 is 0 Å². The number of likely N-dealkylation sites (tertiary alicyclic amines) is 1. The number of benzene rings is 1. The summed E-state index contributed by atoms with van der Waals surface area (Å²) in [7, 11) is 0. The van der Waals surface area contributed by atoms with Crippen molar-refractivity contribution in [2.45, 2.75) is 39.3 Å². The third-order valence-electron chi connectivity index (χ3n) is 3.59. The van der Waals surface area contributed by atoms with Crippen LogP contribution in [0.4, 0.5) is 0 Å². The lowest BCUT2D eigenvalue weighted by molar-refractivity contribution is 0.153. The van der Waals surface area contributed by atoms with Crippen molar-refractivity contribution in [3.63, 3.8) is 0 Å². The highest BCUT2D eigenvalue weighted by Crippen LogP contribution is 2.21. The van der Waals surface area contributed by atoms with Gasteiger partial charge in [-0.1, -0.05) is 23.8 Å². The van der Waals surface area contributed by atoms with Crippen LogP contribution in [0, 0.1) is 13.8 Å². The van der Waals surface area contributed by atoms with E-state index in [1.807, 2.05) is 0 Å². The summed E-state index contributed by atoms with van der Waals surface area (Å²) >= 11 is 0. The molecule has 1 saturated heterocycles. The van der Waals surface area contributed by atoms with Crippen LogP contribution in [0.25, 0.3) is 0 Å². The minimum Gasteiger partial charge on any atom is -0.395 e. The second-order valence-electron chi connectivity index (χ2n) is 4.88. The highest BCUT2D eigenvalue weighted by atomic mass is 16.3. The Morgan fingerprint density at radius 2 is 2.19 bits per heavy atom. The highest BCUT2D eigenvalue weighted by molar-refractivity contribution is 5.30. The van der Waals surface area contributed by atoms with E-state index in [1.165, 1.54) is 23.1 Å². The third-order valence-corrected chi connectivity index (χ3v) is 3.59. The smallest absolute Gasteiger partial charge is 0.0587 e. The van der Waals surface area contributed by atoms with Gasteiger partial charge >= 0.3 is 0 Å². The molecule has 88 valence electrons. The van der Waals surface area contributed by atoms with E-state index >= 15 is 0 Å². The Kier molecular flexibility index (Phi) is 3.62. The summed E-state index contributed by atoms with van der Waals surface area (Å²) in [6.07, 6.45) is 2.36. The highest BCUT2D eigenvalue weighted by Gasteiger charge is 2.23. The maximum absolute atomic E-state index is 9.30. The molecule has 0 amide bonds. The Hall–Kier alpha value is -0.860. The summed E-state index contributed by atoms with van der Waals surface area (Å²) < 4.78 is 0. The van der Waals surface area contributed by atoms with Gasteiger partial charge in [-0.2, -0.15) is 0 Å². The quantitative estimate of drug-likeness (QED) is 0.843. The Bertz CT molecular complexity index is 362. The lowest BCUT2D eigenvalue weighted by Crippen LogP contribution is -2.31. The van der Waals surface area contributed by atoms with E-state index in [2.05, 4.69) is 36.9 Å². The first-order valence-corrected chi connectivity index (χ1v) is 6.11. The van der Waals surface area contributed by atoms with Crippen molar-refractivity contribution in [3.05, 3.63) is 34.9 Å². The average molecular weight is 219 g/mol. The molecule has 1 aromatic rings. The molecule has 1 aliphatic heterocycles. The minimum absolute atomic E-state index is 0.296. The van der Waals surface area contributed by atoms with Crippen molar-refractivity contribution < 1.29 is 5.11 Å². The van der Waals surface area contributed by atoms with Crippen LogP contribution in [0.5, 0.6) is 0 Å². The maximum atomic E-state index is 9.30. The van der Waals surface area contributed by atoms with Gasteiger partial charge in [-0.3, -0.25) is 4.90 Å². The maximum Gasteiger partial charge on any atom is 0.0587 e. The van der Waals surface area contributed by atoms with Crippen molar-refractivity contribution in [1.82, 2.24) is 4.90 Å². The van der Waals surface area contributed by atoms with Gasteiger partial charge in [0.25, 0.3) is 0 Å². The molecule has 0 bridgehead atoms. The first kappa shape index (κ1) is 11.6. The molecule has 0 saturated carbocycles. The lowest BCUT2D eigenvalue weighted by atomic mass is 10.0. The van der Waals surface area contributed by atoms with E-state index in [0.29, 0.717) is 12.6 Å². The summed E-state index contributed by atoms with van der Waals surface area (Å²) in [6.45, 7) is 6.71. The van der Waals surface area contributed by atoms with Crippen LogP contribution in [0.15, 0.2) is 18.2 Å². The summed E-state index contributed by atoms with van der Waals surface area (Å²) in [5, 5.41) is 9.30. The average Bonchev–Trinajstić information content (AvgIpc) is 2.71. The number of hydrogen-bond donors (Lipinski definition) is 1. The molecule has 2 nitrogen and oxygen atoms in total. The van der Waals surface area contributed by atoms with Crippen molar-refractivity contribution in [1.29, 1.82) is 0 Å². The van der Waals surface area contributed by atoms with E-state index in [-0.39, 0.29) is 0 Å². The molecule has 1 N–H and O–H groups in total. The van der Waals surface area contributed by atoms with E-state index in [0.717, 1.165) is 19.5 Å². The van der Waals surface area contributed by atoms with Gasteiger partial charge in [-0.25, -0.2) is 0 Å². The van der Waals surface area contributed by atoms with Gasteiger partial charge in [0.15, 0.2) is 0 Å². The molecule has 1 unspecified atom stereocenters. The fraction of sp³-hybridized carbons (Fsp3) is 0.571. The third kappa shape index (κ3) is 2.45. The Balaban J connectivity index is 2.11. The van der Waals surface area contributed by atoms with Crippen LogP contribution >= 0.6 is 0 Å². The first-order chi connectivity index (χ1) is 7.70. The Labute approximate surface area is 97.9 Å². The number of aliphatic hydroxyl groups is 1. The fourth-order valence-corrected chi connectivity index (χ4v) is 2.50. The molecule has 2 rings (SSSR count). The molecule has 0 radical (unpaired) electrons. The van der Waals surface area contributed by atoms with Gasteiger partial charge in [-0.05, 0) is 44.4 Å². The zero-order valence-electron chi connectivity index (χ0n) is 10.2. The minimum atomic E-state index is 0.296. The van der Waals surface area contributed by atoms with E-state index < -0.39 is 0 Å². The second kappa shape index (κ2) is 4.98. The molecule has 2 heteroatoms. The van der Waals surface area contributed by atoms with Gasteiger partial charge in [0.1, 0.15) is 0 Å². The molecule has 1 fully saturated rings. The molecule has 0 aromatic heterocycles. The molecular weight excluding hydrogens is 198 g/mol. The number of nitrogens with zero attached hydrogens (tertiary/aromatic N) is 1. The van der Waals surface area contributed by atoms with Crippen LogP contribution in [-0.4, -0.2) is 29.2 Å². The molecule has 1 heterocycles. The van der Waals surface area contributed by atoms with Gasteiger partial charge in [0, 0.05) is 12.6 Å². The number of hydrogen-bond acceptors (Lipinski definition) is 2. The molecule has 0 aliphatic carbocycles. The Morgan fingerprint density at radius 3 is 2.94 bits per heavy atom. The summed E-state index contributed by atoms with van der Waals surface area (Å²) in [4.78, 5) is 2.40. The van der Waals surface area contributed by atoms with Crippen molar-refractivity contribution in [2.24, 2.45) is 0 Å². The van der Waals surface area contributed by atoms with Gasteiger partial charge in [0.2, 0.25) is 0 Å². The monoisotopic (exact) mass is 219 g/mol.